The molecule has 0 radical (unpaired) electrons. The molecular weight excluding hydrogens is 426 g/mol. The van der Waals surface area contributed by atoms with Crippen LogP contribution in [0.1, 0.15) is 16.7 Å². The topological polar surface area (TPSA) is 96.0 Å². The number of carbonyl (C=O) groups is 1. The first-order valence-corrected chi connectivity index (χ1v) is 10.6. The van der Waals surface area contributed by atoms with Crippen molar-refractivity contribution in [1.29, 1.82) is 0 Å². The van der Waals surface area contributed by atoms with Gasteiger partial charge in [0.25, 0.3) is 5.91 Å². The second-order valence-electron chi connectivity index (χ2n) is 7.08. The van der Waals surface area contributed by atoms with E-state index in [9.17, 15) is 20.0 Å². The van der Waals surface area contributed by atoms with Crippen LogP contribution in [0.25, 0.3) is 6.08 Å². The normalized spacial score (nSPS) is 16.1. The van der Waals surface area contributed by atoms with Gasteiger partial charge in [0.05, 0.1) is 22.9 Å². The Labute approximate surface area is 188 Å². The lowest BCUT2D eigenvalue weighted by atomic mass is 10.1. The number of thioether (sulfide) groups is 1. The summed E-state index contributed by atoms with van der Waals surface area (Å²) in [4.78, 5) is 30.4. The minimum Gasteiger partial charge on any atom is -0.502 e. The minimum absolute atomic E-state index is 0.221. The molecule has 0 unspecified atom stereocenters. The van der Waals surface area contributed by atoms with Crippen molar-refractivity contribution in [3.63, 3.8) is 0 Å². The van der Waals surface area contributed by atoms with Crippen molar-refractivity contribution in [3.05, 3.63) is 111 Å². The summed E-state index contributed by atoms with van der Waals surface area (Å²) >= 11 is 1.23. The maximum Gasteiger partial charge on any atom is 0.311 e. The van der Waals surface area contributed by atoms with Gasteiger partial charge in [-0.15, -0.1) is 0 Å². The van der Waals surface area contributed by atoms with Crippen molar-refractivity contribution in [1.82, 2.24) is 4.90 Å². The van der Waals surface area contributed by atoms with Crippen LogP contribution in [-0.4, -0.2) is 26.0 Å². The van der Waals surface area contributed by atoms with Crippen LogP contribution in [0.15, 0.2) is 88.8 Å². The molecule has 1 saturated heterocycles. The molecule has 0 aliphatic carbocycles. The number of aliphatic imine (C=N–C) groups is 1. The number of phenolic OH excluding ortho intramolecular Hbond substituents is 1. The quantitative estimate of drug-likeness (QED) is 0.328. The van der Waals surface area contributed by atoms with E-state index >= 15 is 0 Å². The van der Waals surface area contributed by atoms with E-state index in [4.69, 9.17) is 0 Å². The SMILES string of the molecule is O=C1/C(=C/c2ccc(O)c([N+](=O)[O-])c2)SC(=NCc2ccccc2)N1Cc1ccccc1. The second-order valence-corrected chi connectivity index (χ2v) is 8.09. The Hall–Kier alpha value is -3.91. The summed E-state index contributed by atoms with van der Waals surface area (Å²) in [5, 5.41) is 21.4. The number of hydrogen-bond donors (Lipinski definition) is 1. The van der Waals surface area contributed by atoms with Gasteiger partial charge < -0.3 is 5.11 Å². The van der Waals surface area contributed by atoms with Crippen LogP contribution in [0.4, 0.5) is 5.69 Å². The molecule has 0 atom stereocenters. The lowest BCUT2D eigenvalue weighted by Crippen LogP contribution is -2.28. The van der Waals surface area contributed by atoms with Crippen molar-refractivity contribution in [3.8, 4) is 5.75 Å². The van der Waals surface area contributed by atoms with Crippen LogP contribution < -0.4 is 0 Å². The highest BCUT2D eigenvalue weighted by Gasteiger charge is 2.33. The standard InChI is InChI=1S/C24H19N3O4S/c28-21-12-11-19(13-20(21)27(30)31)14-22-23(29)26(16-18-9-5-2-6-10-18)24(32-22)25-15-17-7-3-1-4-8-17/h1-14,28H,15-16H2/b22-14-,25-24?. The predicted octanol–water partition coefficient (Wildman–Crippen LogP) is 4.97. The number of nitro groups is 1. The van der Waals surface area contributed by atoms with Gasteiger partial charge in [-0.1, -0.05) is 66.7 Å². The number of amidine groups is 1. The number of nitro benzene ring substituents is 1. The molecule has 1 N–H and O–H groups in total. The highest BCUT2D eigenvalue weighted by atomic mass is 32.2. The number of carbonyl (C=O) groups excluding carboxylic acids is 1. The fraction of sp³-hybridized carbons (Fsp3) is 0.0833. The summed E-state index contributed by atoms with van der Waals surface area (Å²) < 4.78 is 0. The molecule has 3 aromatic carbocycles. The first-order valence-electron chi connectivity index (χ1n) is 9.82. The maximum atomic E-state index is 13.2. The summed E-state index contributed by atoms with van der Waals surface area (Å²) in [5.41, 5.74) is 2.04. The molecule has 8 heteroatoms. The highest BCUT2D eigenvalue weighted by Crippen LogP contribution is 2.35. The number of benzene rings is 3. The Balaban J connectivity index is 1.66. The highest BCUT2D eigenvalue weighted by molar-refractivity contribution is 8.18. The predicted molar refractivity (Wildman–Crippen MR) is 125 cm³/mol. The number of phenols is 1. The van der Waals surface area contributed by atoms with Crippen molar-refractivity contribution in [2.75, 3.05) is 0 Å². The lowest BCUT2D eigenvalue weighted by molar-refractivity contribution is -0.385. The zero-order valence-electron chi connectivity index (χ0n) is 16.9. The third-order valence-electron chi connectivity index (χ3n) is 4.81. The van der Waals surface area contributed by atoms with Gasteiger partial charge in [0, 0.05) is 6.07 Å². The summed E-state index contributed by atoms with van der Waals surface area (Å²) in [6.45, 7) is 0.799. The average Bonchev–Trinajstić information content (AvgIpc) is 3.09. The van der Waals surface area contributed by atoms with Gasteiger partial charge in [0.1, 0.15) is 0 Å². The third kappa shape index (κ3) is 4.87. The van der Waals surface area contributed by atoms with Gasteiger partial charge in [0.2, 0.25) is 0 Å². The third-order valence-corrected chi connectivity index (χ3v) is 5.85. The molecule has 3 aromatic rings. The molecule has 0 spiro atoms. The van der Waals surface area contributed by atoms with E-state index < -0.39 is 16.4 Å². The zero-order valence-corrected chi connectivity index (χ0v) is 17.7. The van der Waals surface area contributed by atoms with Gasteiger partial charge >= 0.3 is 5.69 Å². The molecule has 1 aliphatic rings. The number of amides is 1. The molecule has 0 aromatic heterocycles. The summed E-state index contributed by atoms with van der Waals surface area (Å²) in [5.74, 6) is -0.639. The van der Waals surface area contributed by atoms with Crippen LogP contribution in [0.3, 0.4) is 0 Å². The van der Waals surface area contributed by atoms with Crippen molar-refractivity contribution in [2.45, 2.75) is 13.1 Å². The largest absolute Gasteiger partial charge is 0.502 e. The second kappa shape index (κ2) is 9.49. The Kier molecular flexibility index (Phi) is 6.32. The number of hydrogen-bond acceptors (Lipinski definition) is 6. The van der Waals surface area contributed by atoms with Gasteiger partial charge in [0.15, 0.2) is 10.9 Å². The van der Waals surface area contributed by atoms with E-state index in [1.807, 2.05) is 60.7 Å². The average molecular weight is 446 g/mol. The van der Waals surface area contributed by atoms with Crippen LogP contribution >= 0.6 is 11.8 Å². The van der Waals surface area contributed by atoms with E-state index in [-0.39, 0.29) is 5.91 Å². The fourth-order valence-electron chi connectivity index (χ4n) is 3.20. The smallest absolute Gasteiger partial charge is 0.311 e. The van der Waals surface area contributed by atoms with Gasteiger partial charge in [-0.25, -0.2) is 0 Å². The lowest BCUT2D eigenvalue weighted by Gasteiger charge is -2.15. The summed E-state index contributed by atoms with van der Waals surface area (Å²) in [6, 6.07) is 23.4. The van der Waals surface area contributed by atoms with E-state index in [0.29, 0.717) is 28.7 Å². The van der Waals surface area contributed by atoms with E-state index in [2.05, 4.69) is 4.99 Å². The molecule has 4 rings (SSSR count). The molecule has 0 saturated carbocycles. The fourth-order valence-corrected chi connectivity index (χ4v) is 4.18. The summed E-state index contributed by atoms with van der Waals surface area (Å²) in [7, 11) is 0. The Morgan fingerprint density at radius 2 is 1.66 bits per heavy atom. The molecule has 1 heterocycles. The molecule has 1 fully saturated rings. The molecular formula is C24H19N3O4S. The number of rotatable bonds is 6. The van der Waals surface area contributed by atoms with Gasteiger partial charge in [-0.3, -0.25) is 24.8 Å². The molecule has 32 heavy (non-hydrogen) atoms. The number of aromatic hydroxyl groups is 1. The zero-order chi connectivity index (χ0) is 22.5. The maximum absolute atomic E-state index is 13.2. The summed E-state index contributed by atoms with van der Waals surface area (Å²) in [6.07, 6.45) is 1.59. The first kappa shape index (κ1) is 21.3. The monoisotopic (exact) mass is 445 g/mol. The van der Waals surface area contributed by atoms with Crippen LogP contribution in [0, 0.1) is 10.1 Å². The van der Waals surface area contributed by atoms with E-state index in [1.165, 1.54) is 30.0 Å². The molecule has 1 amide bonds. The van der Waals surface area contributed by atoms with Crippen LogP contribution in [0.2, 0.25) is 0 Å². The molecule has 1 aliphatic heterocycles. The van der Waals surface area contributed by atoms with Crippen molar-refractivity contribution < 1.29 is 14.8 Å². The minimum atomic E-state index is -0.657. The molecule has 160 valence electrons. The van der Waals surface area contributed by atoms with Gasteiger partial charge in [-0.2, -0.15) is 0 Å². The van der Waals surface area contributed by atoms with Crippen LogP contribution in [-0.2, 0) is 17.9 Å². The Morgan fingerprint density at radius 1 is 1.00 bits per heavy atom. The molecule has 7 nitrogen and oxygen atoms in total. The molecule has 0 bridgehead atoms. The number of nitrogens with zero attached hydrogens (tertiary/aromatic N) is 3. The van der Waals surface area contributed by atoms with E-state index in [0.717, 1.165) is 11.1 Å². The van der Waals surface area contributed by atoms with Crippen molar-refractivity contribution in [2.24, 2.45) is 4.99 Å². The Bertz CT molecular complexity index is 1210. The van der Waals surface area contributed by atoms with Gasteiger partial charge in [-0.05, 0) is 40.6 Å². The first-order chi connectivity index (χ1) is 15.5. The van der Waals surface area contributed by atoms with Crippen LogP contribution in [0.5, 0.6) is 5.75 Å². The van der Waals surface area contributed by atoms with E-state index in [1.54, 1.807) is 11.0 Å². The van der Waals surface area contributed by atoms with Crippen molar-refractivity contribution >= 4 is 34.6 Å². The Morgan fingerprint density at radius 3 is 2.31 bits per heavy atom.